The maximum Gasteiger partial charge on any atom is 0.132 e. The first-order chi connectivity index (χ1) is 9.19. The summed E-state index contributed by atoms with van der Waals surface area (Å²) in [4.78, 5) is 11.5. The molecule has 1 saturated carbocycles. The van der Waals surface area contributed by atoms with E-state index < -0.39 is 0 Å². The third-order valence-corrected chi connectivity index (χ3v) is 4.20. The predicted octanol–water partition coefficient (Wildman–Crippen LogP) is 2.30. The summed E-state index contributed by atoms with van der Waals surface area (Å²) in [5, 5.41) is 0. The first kappa shape index (κ1) is 14.3. The highest BCUT2D eigenvalue weighted by Gasteiger charge is 2.31. The second kappa shape index (κ2) is 6.33. The number of anilines is 1. The minimum absolute atomic E-state index is 0.550. The van der Waals surface area contributed by atoms with Gasteiger partial charge in [-0.05, 0) is 45.6 Å². The molecule has 4 nitrogen and oxygen atoms in total. The Morgan fingerprint density at radius 3 is 2.74 bits per heavy atom. The van der Waals surface area contributed by atoms with Gasteiger partial charge in [-0.2, -0.15) is 0 Å². The molecule has 1 fully saturated rings. The van der Waals surface area contributed by atoms with E-state index in [1.165, 1.54) is 19.3 Å². The molecule has 2 atom stereocenters. The van der Waals surface area contributed by atoms with Crippen LogP contribution >= 0.6 is 0 Å². The van der Waals surface area contributed by atoms with Crippen LogP contribution in [0.15, 0.2) is 6.07 Å². The zero-order valence-corrected chi connectivity index (χ0v) is 12.4. The van der Waals surface area contributed by atoms with Gasteiger partial charge in [0.1, 0.15) is 11.6 Å². The van der Waals surface area contributed by atoms with Crippen molar-refractivity contribution >= 4 is 5.82 Å². The zero-order valence-electron chi connectivity index (χ0n) is 12.4. The molecule has 1 aliphatic carbocycles. The summed E-state index contributed by atoms with van der Waals surface area (Å²) in [5.41, 5.74) is 7.05. The fourth-order valence-electron chi connectivity index (χ4n) is 3.21. The quantitative estimate of drug-likeness (QED) is 0.884. The second-order valence-electron chi connectivity index (χ2n) is 5.40. The first-order valence-corrected chi connectivity index (χ1v) is 7.50. The van der Waals surface area contributed by atoms with Gasteiger partial charge in [0.15, 0.2) is 0 Å². The third-order valence-electron chi connectivity index (χ3n) is 4.20. The van der Waals surface area contributed by atoms with Crippen LogP contribution in [0, 0.1) is 12.8 Å². The molecule has 19 heavy (non-hydrogen) atoms. The fraction of sp³-hybridized carbons (Fsp3) is 0.733. The highest BCUT2D eigenvalue weighted by Crippen LogP contribution is 2.31. The van der Waals surface area contributed by atoms with Crippen molar-refractivity contribution in [3.63, 3.8) is 0 Å². The predicted molar refractivity (Wildman–Crippen MR) is 79.4 cm³/mol. The maximum atomic E-state index is 5.92. The summed E-state index contributed by atoms with van der Waals surface area (Å²) in [6, 6.07) is 2.69. The van der Waals surface area contributed by atoms with Crippen LogP contribution < -0.4 is 10.6 Å². The van der Waals surface area contributed by atoms with Crippen molar-refractivity contribution in [3.8, 4) is 0 Å². The highest BCUT2D eigenvalue weighted by atomic mass is 15.2. The lowest BCUT2D eigenvalue weighted by Crippen LogP contribution is -2.41. The largest absolute Gasteiger partial charge is 0.353 e. The van der Waals surface area contributed by atoms with Gasteiger partial charge in [-0.25, -0.2) is 9.97 Å². The number of nitrogens with zero attached hydrogens (tertiary/aromatic N) is 3. The Morgan fingerprint density at radius 2 is 2.11 bits per heavy atom. The Labute approximate surface area is 116 Å². The van der Waals surface area contributed by atoms with E-state index in [4.69, 9.17) is 5.73 Å². The average molecular weight is 262 g/mol. The van der Waals surface area contributed by atoms with E-state index in [9.17, 15) is 0 Å². The molecule has 1 aromatic rings. The summed E-state index contributed by atoms with van der Waals surface area (Å²) in [6.07, 6.45) is 4.73. The van der Waals surface area contributed by atoms with Crippen LogP contribution in [0.2, 0.25) is 0 Å². The van der Waals surface area contributed by atoms with Crippen LogP contribution in [0.1, 0.15) is 44.6 Å². The van der Waals surface area contributed by atoms with E-state index >= 15 is 0 Å². The van der Waals surface area contributed by atoms with Gasteiger partial charge in [0.05, 0.1) is 0 Å². The fourth-order valence-corrected chi connectivity index (χ4v) is 3.21. The Hall–Kier alpha value is -1.16. The molecule has 0 radical (unpaired) electrons. The van der Waals surface area contributed by atoms with Crippen molar-refractivity contribution < 1.29 is 0 Å². The Bertz CT molecular complexity index is 419. The van der Waals surface area contributed by atoms with Gasteiger partial charge in [-0.1, -0.05) is 13.3 Å². The standard InChI is InChI=1S/C15H26N4/c1-4-13-9-15(18-11(3)17-13)19(5-2)14-8-6-7-12(14)10-16/h9,12,14H,4-8,10,16H2,1-3H3. The van der Waals surface area contributed by atoms with Crippen LogP contribution in [0.5, 0.6) is 0 Å². The molecule has 4 heteroatoms. The summed E-state index contributed by atoms with van der Waals surface area (Å²) in [5.74, 6) is 2.56. The van der Waals surface area contributed by atoms with Gasteiger partial charge in [-0.3, -0.25) is 0 Å². The van der Waals surface area contributed by atoms with Crippen molar-refractivity contribution in [3.05, 3.63) is 17.6 Å². The molecule has 1 aliphatic rings. The van der Waals surface area contributed by atoms with Crippen LogP contribution in [-0.2, 0) is 6.42 Å². The van der Waals surface area contributed by atoms with Gasteiger partial charge in [0, 0.05) is 24.3 Å². The minimum Gasteiger partial charge on any atom is -0.353 e. The molecule has 0 spiro atoms. The molecule has 0 aliphatic heterocycles. The maximum absolute atomic E-state index is 5.92. The normalized spacial score (nSPS) is 22.7. The number of nitrogens with two attached hydrogens (primary N) is 1. The number of hydrogen-bond acceptors (Lipinski definition) is 4. The molecule has 0 saturated heterocycles. The van der Waals surface area contributed by atoms with Gasteiger partial charge in [0.25, 0.3) is 0 Å². The number of hydrogen-bond donors (Lipinski definition) is 1. The summed E-state index contributed by atoms with van der Waals surface area (Å²) in [6.45, 7) is 8.09. The van der Waals surface area contributed by atoms with Crippen molar-refractivity contribution in [2.45, 2.75) is 52.5 Å². The lowest BCUT2D eigenvalue weighted by atomic mass is 10.0. The smallest absolute Gasteiger partial charge is 0.132 e. The van der Waals surface area contributed by atoms with Gasteiger partial charge in [0.2, 0.25) is 0 Å². The number of aromatic nitrogens is 2. The molecule has 1 heterocycles. The summed E-state index contributed by atoms with van der Waals surface area (Å²) in [7, 11) is 0. The summed E-state index contributed by atoms with van der Waals surface area (Å²) >= 11 is 0. The van der Waals surface area contributed by atoms with Crippen LogP contribution in [0.4, 0.5) is 5.82 Å². The van der Waals surface area contributed by atoms with Crippen LogP contribution in [0.3, 0.4) is 0 Å². The van der Waals surface area contributed by atoms with E-state index in [2.05, 4.69) is 34.8 Å². The topological polar surface area (TPSA) is 55.0 Å². The summed E-state index contributed by atoms with van der Waals surface area (Å²) < 4.78 is 0. The van der Waals surface area contributed by atoms with Crippen molar-refractivity contribution in [2.24, 2.45) is 11.7 Å². The lowest BCUT2D eigenvalue weighted by Gasteiger charge is -2.33. The Morgan fingerprint density at radius 1 is 1.32 bits per heavy atom. The van der Waals surface area contributed by atoms with Crippen LogP contribution in [0.25, 0.3) is 0 Å². The van der Waals surface area contributed by atoms with E-state index in [0.29, 0.717) is 12.0 Å². The molecular formula is C15H26N4. The van der Waals surface area contributed by atoms with Crippen molar-refractivity contribution in [2.75, 3.05) is 18.0 Å². The molecule has 0 aromatic carbocycles. The van der Waals surface area contributed by atoms with Crippen LogP contribution in [-0.4, -0.2) is 29.1 Å². The van der Waals surface area contributed by atoms with Gasteiger partial charge >= 0.3 is 0 Å². The van der Waals surface area contributed by atoms with Crippen molar-refractivity contribution in [1.82, 2.24) is 9.97 Å². The molecule has 1 aromatic heterocycles. The van der Waals surface area contributed by atoms with Crippen molar-refractivity contribution in [1.29, 1.82) is 0 Å². The monoisotopic (exact) mass is 262 g/mol. The molecule has 0 bridgehead atoms. The Balaban J connectivity index is 2.28. The van der Waals surface area contributed by atoms with Gasteiger partial charge in [-0.15, -0.1) is 0 Å². The van der Waals surface area contributed by atoms with E-state index in [-0.39, 0.29) is 0 Å². The molecule has 2 rings (SSSR count). The molecule has 2 unspecified atom stereocenters. The Kier molecular flexibility index (Phi) is 4.75. The molecule has 0 amide bonds. The SMILES string of the molecule is CCc1cc(N(CC)C2CCCC2CN)nc(C)n1. The zero-order chi connectivity index (χ0) is 13.8. The molecule has 2 N–H and O–H groups in total. The van der Waals surface area contributed by atoms with Gasteiger partial charge < -0.3 is 10.6 Å². The van der Waals surface area contributed by atoms with E-state index in [1.807, 2.05) is 6.92 Å². The second-order valence-corrected chi connectivity index (χ2v) is 5.40. The number of aryl methyl sites for hydroxylation is 2. The molecule has 106 valence electrons. The highest BCUT2D eigenvalue weighted by molar-refractivity contribution is 5.41. The molecular weight excluding hydrogens is 236 g/mol. The lowest BCUT2D eigenvalue weighted by molar-refractivity contribution is 0.459. The minimum atomic E-state index is 0.550. The van der Waals surface area contributed by atoms with E-state index in [0.717, 1.165) is 36.8 Å². The number of rotatable bonds is 5. The third kappa shape index (κ3) is 3.06. The average Bonchev–Trinajstić information content (AvgIpc) is 2.87. The van der Waals surface area contributed by atoms with E-state index in [1.54, 1.807) is 0 Å². The first-order valence-electron chi connectivity index (χ1n) is 7.50.